The summed E-state index contributed by atoms with van der Waals surface area (Å²) in [7, 11) is 0. The molecule has 0 aliphatic heterocycles. The molecule has 2 aliphatic rings. The van der Waals surface area contributed by atoms with Crippen molar-refractivity contribution in [2.75, 3.05) is 6.54 Å². The molecule has 2 aliphatic carbocycles. The Morgan fingerprint density at radius 1 is 0.882 bits per heavy atom. The number of nitrogens with one attached hydrogen (secondary N) is 1. The maximum absolute atomic E-state index is 3.62. The average Bonchev–Trinajstić information content (AvgIpc) is 2.29. The molecule has 0 aromatic heterocycles. The Bertz CT molecular complexity index is 206. The van der Waals surface area contributed by atoms with E-state index in [1.54, 1.807) is 0 Å². The van der Waals surface area contributed by atoms with Crippen molar-refractivity contribution in [1.29, 1.82) is 0 Å². The maximum Gasteiger partial charge on any atom is 0.00104 e. The van der Waals surface area contributed by atoms with Gasteiger partial charge in [-0.15, -0.1) is 0 Å². The number of rotatable bonds is 6. The highest BCUT2D eigenvalue weighted by molar-refractivity contribution is 4.83. The Morgan fingerprint density at radius 3 is 2.18 bits per heavy atom. The zero-order valence-electron chi connectivity index (χ0n) is 11.9. The van der Waals surface area contributed by atoms with Crippen LogP contribution in [-0.2, 0) is 0 Å². The summed E-state index contributed by atoms with van der Waals surface area (Å²) in [6.45, 7) is 5.79. The summed E-state index contributed by atoms with van der Waals surface area (Å²) in [6, 6.07) is 0.662. The topological polar surface area (TPSA) is 12.0 Å². The van der Waals surface area contributed by atoms with Gasteiger partial charge in [-0.1, -0.05) is 52.4 Å². The Kier molecular flexibility index (Phi) is 5.34. The lowest BCUT2D eigenvalue weighted by Gasteiger charge is -2.38. The van der Waals surface area contributed by atoms with Crippen LogP contribution >= 0.6 is 0 Å². The van der Waals surface area contributed by atoms with Crippen LogP contribution < -0.4 is 5.32 Å². The Labute approximate surface area is 108 Å². The van der Waals surface area contributed by atoms with Gasteiger partial charge < -0.3 is 5.32 Å². The van der Waals surface area contributed by atoms with E-state index in [9.17, 15) is 0 Å². The summed E-state index contributed by atoms with van der Waals surface area (Å²) in [6.07, 6.45) is 13.6. The third-order valence-corrected chi connectivity index (χ3v) is 5.03. The van der Waals surface area contributed by atoms with Crippen LogP contribution in [-0.4, -0.2) is 12.6 Å². The van der Waals surface area contributed by atoms with Gasteiger partial charge in [-0.25, -0.2) is 0 Å². The Balaban J connectivity index is 1.58. The van der Waals surface area contributed by atoms with E-state index in [-0.39, 0.29) is 0 Å². The van der Waals surface area contributed by atoms with Gasteiger partial charge in [-0.05, 0) is 43.6 Å². The monoisotopic (exact) mass is 237 g/mol. The molecule has 2 rings (SSSR count). The van der Waals surface area contributed by atoms with Gasteiger partial charge in [0.2, 0.25) is 0 Å². The fourth-order valence-corrected chi connectivity index (χ4v) is 3.60. The minimum absolute atomic E-state index is 0.662. The zero-order valence-corrected chi connectivity index (χ0v) is 11.9. The standard InChI is InChI=1S/C16H31N/c1-13(2)17-12-16-11-10-15(16)9-8-14-6-4-3-5-7-14/h13-17H,3-12H2,1-2H3. The predicted octanol–water partition coefficient (Wildman–Crippen LogP) is 4.37. The molecule has 0 spiro atoms. The molecule has 1 nitrogen and oxygen atoms in total. The first-order valence-corrected chi connectivity index (χ1v) is 7.99. The molecule has 2 atom stereocenters. The van der Waals surface area contributed by atoms with Gasteiger partial charge >= 0.3 is 0 Å². The second kappa shape index (κ2) is 6.78. The first-order valence-electron chi connectivity index (χ1n) is 7.99. The molecule has 0 aromatic rings. The van der Waals surface area contributed by atoms with E-state index in [4.69, 9.17) is 0 Å². The first-order chi connectivity index (χ1) is 8.25. The molecule has 17 heavy (non-hydrogen) atoms. The Hall–Kier alpha value is -0.0400. The molecule has 1 heteroatoms. The van der Waals surface area contributed by atoms with Crippen molar-refractivity contribution in [1.82, 2.24) is 5.32 Å². The summed E-state index contributed by atoms with van der Waals surface area (Å²) in [5.41, 5.74) is 0. The SMILES string of the molecule is CC(C)NCC1CCC1CCC1CCCCC1. The van der Waals surface area contributed by atoms with E-state index >= 15 is 0 Å². The fraction of sp³-hybridized carbons (Fsp3) is 1.00. The molecule has 1 N–H and O–H groups in total. The van der Waals surface area contributed by atoms with Gasteiger partial charge in [-0.2, -0.15) is 0 Å². The van der Waals surface area contributed by atoms with E-state index in [1.165, 1.54) is 64.3 Å². The number of hydrogen-bond acceptors (Lipinski definition) is 1. The van der Waals surface area contributed by atoms with Crippen LogP contribution in [0.25, 0.3) is 0 Å². The summed E-state index contributed by atoms with van der Waals surface area (Å²) >= 11 is 0. The van der Waals surface area contributed by atoms with E-state index in [0.29, 0.717) is 6.04 Å². The smallest absolute Gasteiger partial charge is 0.00104 e. The molecule has 0 amide bonds. The minimum Gasteiger partial charge on any atom is -0.314 e. The third kappa shape index (κ3) is 4.28. The molecular weight excluding hydrogens is 206 g/mol. The predicted molar refractivity (Wildman–Crippen MR) is 75.2 cm³/mol. The highest BCUT2D eigenvalue weighted by atomic mass is 14.9. The molecule has 0 saturated heterocycles. The summed E-state index contributed by atoms with van der Waals surface area (Å²) in [4.78, 5) is 0. The van der Waals surface area contributed by atoms with E-state index < -0.39 is 0 Å². The average molecular weight is 237 g/mol. The van der Waals surface area contributed by atoms with Crippen molar-refractivity contribution in [3.05, 3.63) is 0 Å². The van der Waals surface area contributed by atoms with Crippen LogP contribution in [0.2, 0.25) is 0 Å². The summed E-state index contributed by atoms with van der Waals surface area (Å²) in [5, 5.41) is 3.62. The van der Waals surface area contributed by atoms with Gasteiger partial charge in [-0.3, -0.25) is 0 Å². The second-order valence-corrected chi connectivity index (χ2v) is 6.74. The van der Waals surface area contributed by atoms with E-state index in [1.807, 2.05) is 0 Å². The molecule has 2 fully saturated rings. The number of hydrogen-bond donors (Lipinski definition) is 1. The van der Waals surface area contributed by atoms with E-state index in [0.717, 1.165) is 17.8 Å². The lowest BCUT2D eigenvalue weighted by molar-refractivity contribution is 0.142. The maximum atomic E-state index is 3.62. The lowest BCUT2D eigenvalue weighted by atomic mass is 9.69. The van der Waals surface area contributed by atoms with Crippen LogP contribution in [0.1, 0.15) is 71.6 Å². The fourth-order valence-electron chi connectivity index (χ4n) is 3.60. The Morgan fingerprint density at radius 2 is 1.59 bits per heavy atom. The summed E-state index contributed by atoms with van der Waals surface area (Å²) < 4.78 is 0. The van der Waals surface area contributed by atoms with Crippen molar-refractivity contribution in [3.8, 4) is 0 Å². The minimum atomic E-state index is 0.662. The highest BCUT2D eigenvalue weighted by Gasteiger charge is 2.30. The molecule has 100 valence electrons. The van der Waals surface area contributed by atoms with E-state index in [2.05, 4.69) is 19.2 Å². The van der Waals surface area contributed by atoms with Crippen LogP contribution in [0.4, 0.5) is 0 Å². The highest BCUT2D eigenvalue weighted by Crippen LogP contribution is 2.39. The van der Waals surface area contributed by atoms with Gasteiger partial charge in [0.25, 0.3) is 0 Å². The van der Waals surface area contributed by atoms with Gasteiger partial charge in [0, 0.05) is 6.04 Å². The van der Waals surface area contributed by atoms with Crippen molar-refractivity contribution >= 4 is 0 Å². The van der Waals surface area contributed by atoms with Crippen LogP contribution in [0.15, 0.2) is 0 Å². The molecule has 0 aromatic carbocycles. The quantitative estimate of drug-likeness (QED) is 0.723. The van der Waals surface area contributed by atoms with Crippen molar-refractivity contribution in [2.24, 2.45) is 17.8 Å². The third-order valence-electron chi connectivity index (χ3n) is 5.03. The largest absolute Gasteiger partial charge is 0.314 e. The molecule has 2 unspecified atom stereocenters. The van der Waals surface area contributed by atoms with Crippen LogP contribution in [0.5, 0.6) is 0 Å². The zero-order chi connectivity index (χ0) is 12.1. The van der Waals surface area contributed by atoms with Crippen molar-refractivity contribution < 1.29 is 0 Å². The van der Waals surface area contributed by atoms with Gasteiger partial charge in [0.05, 0.1) is 0 Å². The molecule has 0 bridgehead atoms. The van der Waals surface area contributed by atoms with Crippen molar-refractivity contribution in [2.45, 2.75) is 77.7 Å². The van der Waals surface area contributed by atoms with Gasteiger partial charge in [0.15, 0.2) is 0 Å². The molecule has 2 saturated carbocycles. The molecule has 0 heterocycles. The van der Waals surface area contributed by atoms with Gasteiger partial charge in [0.1, 0.15) is 0 Å². The second-order valence-electron chi connectivity index (χ2n) is 6.74. The normalized spacial score (nSPS) is 30.5. The summed E-state index contributed by atoms with van der Waals surface area (Å²) in [5.74, 6) is 3.15. The lowest BCUT2D eigenvalue weighted by Crippen LogP contribution is -2.38. The van der Waals surface area contributed by atoms with Crippen LogP contribution in [0, 0.1) is 17.8 Å². The molecular formula is C16H31N. The van der Waals surface area contributed by atoms with Crippen LogP contribution in [0.3, 0.4) is 0 Å². The molecule has 0 radical (unpaired) electrons. The van der Waals surface area contributed by atoms with Crippen molar-refractivity contribution in [3.63, 3.8) is 0 Å². The first kappa shape index (κ1) is 13.4.